The maximum atomic E-state index is 5.76. The molecule has 1 N–H and O–H groups in total. The van der Waals surface area contributed by atoms with Gasteiger partial charge in [-0.15, -0.1) is 0 Å². The van der Waals surface area contributed by atoms with Crippen molar-refractivity contribution in [3.8, 4) is 0 Å². The first-order valence-corrected chi connectivity index (χ1v) is 5.40. The van der Waals surface area contributed by atoms with Crippen LogP contribution in [0.25, 0.3) is 0 Å². The van der Waals surface area contributed by atoms with Crippen LogP contribution in [0.3, 0.4) is 0 Å². The second kappa shape index (κ2) is 4.43. The molecule has 2 atom stereocenters. The molecule has 1 fully saturated rings. The molecule has 2 nitrogen and oxygen atoms in total. The Hall–Kier alpha value is -0.0800. The van der Waals surface area contributed by atoms with E-state index in [-0.39, 0.29) is 0 Å². The summed E-state index contributed by atoms with van der Waals surface area (Å²) in [5.41, 5.74) is 0.382. The highest BCUT2D eigenvalue weighted by Gasteiger charge is 2.38. The lowest BCUT2D eigenvalue weighted by Crippen LogP contribution is -2.52. The molecule has 0 heterocycles. The van der Waals surface area contributed by atoms with Crippen molar-refractivity contribution in [1.29, 1.82) is 0 Å². The summed E-state index contributed by atoms with van der Waals surface area (Å²) in [5.74, 6) is 0. The van der Waals surface area contributed by atoms with Gasteiger partial charge in [0.1, 0.15) is 0 Å². The van der Waals surface area contributed by atoms with Crippen LogP contribution in [0.2, 0.25) is 0 Å². The Morgan fingerprint density at radius 3 is 2.69 bits per heavy atom. The third-order valence-electron chi connectivity index (χ3n) is 3.22. The summed E-state index contributed by atoms with van der Waals surface area (Å²) >= 11 is 0. The minimum Gasteiger partial charge on any atom is -0.377 e. The molecule has 0 bridgehead atoms. The molecule has 1 aliphatic rings. The molecule has 0 aromatic carbocycles. The van der Waals surface area contributed by atoms with Gasteiger partial charge < -0.3 is 10.1 Å². The zero-order valence-corrected chi connectivity index (χ0v) is 9.39. The molecule has 13 heavy (non-hydrogen) atoms. The van der Waals surface area contributed by atoms with E-state index in [4.69, 9.17) is 4.74 Å². The number of likely N-dealkylation sites (N-methyl/N-ethyl adjacent to an activating group) is 1. The van der Waals surface area contributed by atoms with Crippen molar-refractivity contribution >= 4 is 0 Å². The lowest BCUT2D eigenvalue weighted by atomic mass is 9.72. The number of rotatable bonds is 3. The van der Waals surface area contributed by atoms with E-state index in [0.29, 0.717) is 17.6 Å². The normalized spacial score (nSPS) is 33.2. The summed E-state index contributed by atoms with van der Waals surface area (Å²) in [7, 11) is 2.05. The molecule has 0 amide bonds. The van der Waals surface area contributed by atoms with E-state index in [9.17, 15) is 0 Å². The SMILES string of the molecule is CCOC1CCCC(C)(C)C1NC. The molecule has 1 aliphatic carbocycles. The van der Waals surface area contributed by atoms with Crippen molar-refractivity contribution in [2.24, 2.45) is 5.41 Å². The van der Waals surface area contributed by atoms with E-state index >= 15 is 0 Å². The van der Waals surface area contributed by atoms with Gasteiger partial charge in [-0.25, -0.2) is 0 Å². The summed E-state index contributed by atoms with van der Waals surface area (Å²) in [5, 5.41) is 3.40. The quantitative estimate of drug-likeness (QED) is 0.727. The van der Waals surface area contributed by atoms with Gasteiger partial charge in [-0.3, -0.25) is 0 Å². The molecule has 0 spiro atoms. The fourth-order valence-electron chi connectivity index (χ4n) is 2.55. The highest BCUT2D eigenvalue weighted by molar-refractivity contribution is 4.93. The topological polar surface area (TPSA) is 21.3 Å². The lowest BCUT2D eigenvalue weighted by Gasteiger charge is -2.43. The molecule has 2 heteroatoms. The zero-order chi connectivity index (χ0) is 9.90. The first-order valence-electron chi connectivity index (χ1n) is 5.40. The van der Waals surface area contributed by atoms with Gasteiger partial charge in [0, 0.05) is 12.6 Å². The summed E-state index contributed by atoms with van der Waals surface area (Å²) in [4.78, 5) is 0. The lowest BCUT2D eigenvalue weighted by molar-refractivity contribution is -0.0297. The van der Waals surface area contributed by atoms with Crippen LogP contribution in [-0.4, -0.2) is 25.8 Å². The second-order valence-electron chi connectivity index (χ2n) is 4.64. The van der Waals surface area contributed by atoms with Gasteiger partial charge in [-0.1, -0.05) is 20.3 Å². The Morgan fingerprint density at radius 2 is 2.15 bits per heavy atom. The van der Waals surface area contributed by atoms with Crippen LogP contribution in [0.4, 0.5) is 0 Å². The summed E-state index contributed by atoms with van der Waals surface area (Å²) in [6.45, 7) is 7.58. The Morgan fingerprint density at radius 1 is 1.46 bits per heavy atom. The molecule has 0 radical (unpaired) electrons. The predicted octanol–water partition coefficient (Wildman–Crippen LogP) is 2.19. The average Bonchev–Trinajstić information content (AvgIpc) is 2.04. The summed E-state index contributed by atoms with van der Waals surface area (Å²) in [6, 6.07) is 0.515. The van der Waals surface area contributed by atoms with Crippen LogP contribution in [0.5, 0.6) is 0 Å². The van der Waals surface area contributed by atoms with E-state index in [1.165, 1.54) is 19.3 Å². The molecule has 0 aliphatic heterocycles. The maximum Gasteiger partial charge on any atom is 0.0733 e. The van der Waals surface area contributed by atoms with Gasteiger partial charge in [0.15, 0.2) is 0 Å². The van der Waals surface area contributed by atoms with Crippen molar-refractivity contribution in [3.05, 3.63) is 0 Å². The zero-order valence-electron chi connectivity index (χ0n) is 9.39. The molecule has 2 unspecified atom stereocenters. The first kappa shape index (κ1) is 11.0. The molecule has 0 aromatic heterocycles. The van der Waals surface area contributed by atoms with Gasteiger partial charge >= 0.3 is 0 Å². The van der Waals surface area contributed by atoms with Gasteiger partial charge in [0.2, 0.25) is 0 Å². The standard InChI is InChI=1S/C11H23NO/c1-5-13-9-7-6-8-11(2,3)10(9)12-4/h9-10,12H,5-8H2,1-4H3. The smallest absolute Gasteiger partial charge is 0.0733 e. The summed E-state index contributed by atoms with van der Waals surface area (Å²) in [6.07, 6.45) is 4.24. The minimum atomic E-state index is 0.382. The van der Waals surface area contributed by atoms with E-state index in [2.05, 4.69) is 26.1 Å². The summed E-state index contributed by atoms with van der Waals surface area (Å²) < 4.78 is 5.76. The highest BCUT2D eigenvalue weighted by atomic mass is 16.5. The van der Waals surface area contributed by atoms with Crippen LogP contribution in [-0.2, 0) is 4.74 Å². The Labute approximate surface area is 82.0 Å². The molecule has 1 rings (SSSR count). The highest BCUT2D eigenvalue weighted by Crippen LogP contribution is 2.36. The number of hydrogen-bond donors (Lipinski definition) is 1. The minimum absolute atomic E-state index is 0.382. The van der Waals surface area contributed by atoms with E-state index in [1.807, 2.05) is 7.05 Å². The van der Waals surface area contributed by atoms with E-state index in [1.54, 1.807) is 0 Å². The molecule has 78 valence electrons. The third-order valence-corrected chi connectivity index (χ3v) is 3.22. The van der Waals surface area contributed by atoms with Crippen molar-refractivity contribution in [2.45, 2.75) is 52.2 Å². The Bertz CT molecular complexity index is 154. The molecule has 0 saturated heterocycles. The van der Waals surface area contributed by atoms with Gasteiger partial charge in [0.25, 0.3) is 0 Å². The van der Waals surface area contributed by atoms with Crippen molar-refractivity contribution in [1.82, 2.24) is 5.32 Å². The second-order valence-corrected chi connectivity index (χ2v) is 4.64. The van der Waals surface area contributed by atoms with Crippen LogP contribution in [0.15, 0.2) is 0 Å². The van der Waals surface area contributed by atoms with Crippen LogP contribution in [0, 0.1) is 5.41 Å². The Kier molecular flexibility index (Phi) is 3.74. The molecule has 0 aromatic rings. The number of ether oxygens (including phenoxy) is 1. The molecule has 1 saturated carbocycles. The fraction of sp³-hybridized carbons (Fsp3) is 1.00. The molecular formula is C11H23NO. The van der Waals surface area contributed by atoms with E-state index < -0.39 is 0 Å². The van der Waals surface area contributed by atoms with Crippen molar-refractivity contribution < 1.29 is 4.74 Å². The van der Waals surface area contributed by atoms with E-state index in [0.717, 1.165) is 6.61 Å². The third kappa shape index (κ3) is 2.44. The van der Waals surface area contributed by atoms with Gasteiger partial charge in [-0.2, -0.15) is 0 Å². The Balaban J connectivity index is 2.62. The van der Waals surface area contributed by atoms with Crippen LogP contribution >= 0.6 is 0 Å². The maximum absolute atomic E-state index is 5.76. The molecular weight excluding hydrogens is 162 g/mol. The predicted molar refractivity (Wildman–Crippen MR) is 55.9 cm³/mol. The number of hydrogen-bond acceptors (Lipinski definition) is 2. The average molecular weight is 185 g/mol. The van der Waals surface area contributed by atoms with Crippen LogP contribution < -0.4 is 5.32 Å². The fourth-order valence-corrected chi connectivity index (χ4v) is 2.55. The van der Waals surface area contributed by atoms with Crippen molar-refractivity contribution in [2.75, 3.05) is 13.7 Å². The first-order chi connectivity index (χ1) is 6.11. The van der Waals surface area contributed by atoms with Crippen LogP contribution in [0.1, 0.15) is 40.0 Å². The van der Waals surface area contributed by atoms with Crippen molar-refractivity contribution in [3.63, 3.8) is 0 Å². The monoisotopic (exact) mass is 185 g/mol. The largest absolute Gasteiger partial charge is 0.377 e. The number of nitrogens with one attached hydrogen (secondary N) is 1. The van der Waals surface area contributed by atoms with Gasteiger partial charge in [-0.05, 0) is 32.2 Å². The van der Waals surface area contributed by atoms with Gasteiger partial charge in [0.05, 0.1) is 6.10 Å².